The molecule has 6 heteroatoms. The summed E-state index contributed by atoms with van der Waals surface area (Å²) in [5.41, 5.74) is 5.37. The van der Waals surface area contributed by atoms with Crippen LogP contribution < -0.4 is 10.6 Å². The molecule has 0 spiro atoms. The van der Waals surface area contributed by atoms with E-state index in [-0.39, 0.29) is 5.91 Å². The van der Waals surface area contributed by atoms with E-state index in [0.717, 1.165) is 40.1 Å². The van der Waals surface area contributed by atoms with Gasteiger partial charge in [-0.1, -0.05) is 24.8 Å². The Balaban J connectivity index is 1.54. The lowest BCUT2D eigenvalue weighted by Crippen LogP contribution is -2.09. The summed E-state index contributed by atoms with van der Waals surface area (Å²) < 4.78 is 11.4. The van der Waals surface area contributed by atoms with Crippen LogP contribution in [0.1, 0.15) is 16.7 Å². The third-order valence-corrected chi connectivity index (χ3v) is 4.75. The topological polar surface area (TPSA) is 59.6 Å². The third-order valence-electron chi connectivity index (χ3n) is 4.75. The summed E-state index contributed by atoms with van der Waals surface area (Å²) >= 11 is 0. The number of hydrogen-bond acceptors (Lipinski definition) is 4. The van der Waals surface area contributed by atoms with Crippen molar-refractivity contribution in [1.82, 2.24) is 0 Å². The SMILES string of the molecule is BCC(=C)OCCNc1ccc2c(c1)CO/C2=C1/C(=O)Nc2ccccc21. The average molecular weight is 360 g/mol. The second-order valence-corrected chi connectivity index (χ2v) is 6.53. The quantitative estimate of drug-likeness (QED) is 0.360. The summed E-state index contributed by atoms with van der Waals surface area (Å²) in [6.45, 7) is 5.56. The normalized spacial score (nSPS) is 17.0. The van der Waals surface area contributed by atoms with E-state index in [1.807, 2.05) is 44.2 Å². The first-order valence-corrected chi connectivity index (χ1v) is 9.13. The molecule has 0 saturated heterocycles. The first-order chi connectivity index (χ1) is 13.2. The van der Waals surface area contributed by atoms with Gasteiger partial charge in [-0.3, -0.25) is 4.79 Å². The Bertz CT molecular complexity index is 952. The lowest BCUT2D eigenvalue weighted by atomic mass is 10.0. The molecule has 0 unspecified atom stereocenters. The Hall–Kier alpha value is -3.15. The van der Waals surface area contributed by atoms with Gasteiger partial charge in [0.05, 0.1) is 11.3 Å². The Kier molecular flexibility index (Phi) is 4.63. The van der Waals surface area contributed by atoms with Gasteiger partial charge >= 0.3 is 0 Å². The highest BCUT2D eigenvalue weighted by Crippen LogP contribution is 2.41. The smallest absolute Gasteiger partial charge is 0.260 e. The van der Waals surface area contributed by atoms with Crippen molar-refractivity contribution >= 4 is 36.5 Å². The minimum atomic E-state index is -0.116. The second kappa shape index (κ2) is 7.23. The van der Waals surface area contributed by atoms with Gasteiger partial charge < -0.3 is 20.1 Å². The number of anilines is 2. The predicted molar refractivity (Wildman–Crippen MR) is 110 cm³/mol. The zero-order valence-corrected chi connectivity index (χ0v) is 15.3. The molecule has 4 rings (SSSR count). The van der Waals surface area contributed by atoms with Gasteiger partial charge in [0.1, 0.15) is 26.8 Å². The van der Waals surface area contributed by atoms with Crippen LogP contribution in [-0.4, -0.2) is 26.9 Å². The van der Waals surface area contributed by atoms with E-state index in [4.69, 9.17) is 9.47 Å². The van der Waals surface area contributed by atoms with Crippen molar-refractivity contribution in [3.63, 3.8) is 0 Å². The molecule has 0 radical (unpaired) electrons. The number of amides is 1. The van der Waals surface area contributed by atoms with Gasteiger partial charge in [0.15, 0.2) is 0 Å². The second-order valence-electron chi connectivity index (χ2n) is 6.53. The highest BCUT2D eigenvalue weighted by atomic mass is 16.5. The maximum absolute atomic E-state index is 12.5. The van der Waals surface area contributed by atoms with Crippen LogP contribution in [0.25, 0.3) is 11.3 Å². The van der Waals surface area contributed by atoms with Gasteiger partial charge in [0.2, 0.25) is 0 Å². The zero-order valence-electron chi connectivity index (χ0n) is 15.3. The van der Waals surface area contributed by atoms with Gasteiger partial charge in [-0.2, -0.15) is 0 Å². The van der Waals surface area contributed by atoms with Crippen LogP contribution >= 0.6 is 0 Å². The van der Waals surface area contributed by atoms with E-state index < -0.39 is 0 Å². The molecule has 1 amide bonds. The van der Waals surface area contributed by atoms with E-state index >= 15 is 0 Å². The highest BCUT2D eigenvalue weighted by molar-refractivity contribution is 6.36. The summed E-state index contributed by atoms with van der Waals surface area (Å²) in [5, 5.41) is 6.25. The molecule has 0 fully saturated rings. The van der Waals surface area contributed by atoms with Gasteiger partial charge in [0.25, 0.3) is 5.91 Å². The number of hydrogen-bond donors (Lipinski definition) is 2. The summed E-state index contributed by atoms with van der Waals surface area (Å²) in [4.78, 5) is 12.5. The maximum Gasteiger partial charge on any atom is 0.260 e. The number of rotatable bonds is 6. The molecular weight excluding hydrogens is 339 g/mol. The highest BCUT2D eigenvalue weighted by Gasteiger charge is 2.32. The summed E-state index contributed by atoms with van der Waals surface area (Å²) in [7, 11) is 2.02. The number of carbonyl (C=O) groups excluding carboxylic acids is 1. The van der Waals surface area contributed by atoms with E-state index in [0.29, 0.717) is 31.1 Å². The number of nitrogens with one attached hydrogen (secondary N) is 2. The van der Waals surface area contributed by atoms with Crippen molar-refractivity contribution in [3.8, 4) is 0 Å². The number of para-hydroxylation sites is 1. The number of fused-ring (bicyclic) bond motifs is 2. The molecule has 0 aromatic heterocycles. The summed E-state index contributed by atoms with van der Waals surface area (Å²) in [5.74, 6) is 1.33. The van der Waals surface area contributed by atoms with E-state index in [9.17, 15) is 4.79 Å². The minimum absolute atomic E-state index is 0.116. The summed E-state index contributed by atoms with van der Waals surface area (Å²) in [6, 6.07) is 13.8. The number of benzene rings is 2. The molecule has 2 aromatic carbocycles. The predicted octanol–water partition coefficient (Wildman–Crippen LogP) is 3.03. The van der Waals surface area contributed by atoms with Gasteiger partial charge in [-0.25, -0.2) is 0 Å². The number of ether oxygens (including phenoxy) is 2. The zero-order chi connectivity index (χ0) is 18.8. The van der Waals surface area contributed by atoms with Gasteiger partial charge in [0, 0.05) is 34.6 Å². The van der Waals surface area contributed by atoms with Crippen LogP contribution in [0.5, 0.6) is 0 Å². The fourth-order valence-corrected chi connectivity index (χ4v) is 3.31. The molecule has 0 bridgehead atoms. The lowest BCUT2D eigenvalue weighted by molar-refractivity contribution is -0.110. The Morgan fingerprint density at radius 1 is 1.26 bits per heavy atom. The summed E-state index contributed by atoms with van der Waals surface area (Å²) in [6.07, 6.45) is 0.824. The number of allylic oxidation sites excluding steroid dienone is 1. The molecule has 0 atom stereocenters. The molecule has 5 nitrogen and oxygen atoms in total. The van der Waals surface area contributed by atoms with E-state index in [2.05, 4.69) is 23.3 Å². The van der Waals surface area contributed by atoms with E-state index in [1.54, 1.807) is 0 Å². The van der Waals surface area contributed by atoms with Gasteiger partial charge in [-0.05, 0) is 30.6 Å². The van der Waals surface area contributed by atoms with Crippen LogP contribution in [-0.2, 0) is 20.9 Å². The molecule has 2 heterocycles. The molecule has 136 valence electrons. The van der Waals surface area contributed by atoms with Crippen molar-refractivity contribution in [2.45, 2.75) is 12.9 Å². The average Bonchev–Trinajstić information content (AvgIpc) is 3.24. The van der Waals surface area contributed by atoms with Crippen LogP contribution in [0.2, 0.25) is 6.32 Å². The molecule has 27 heavy (non-hydrogen) atoms. The lowest BCUT2D eigenvalue weighted by Gasteiger charge is -2.10. The molecule has 0 saturated carbocycles. The van der Waals surface area contributed by atoms with Crippen LogP contribution in [0, 0.1) is 0 Å². The fourth-order valence-electron chi connectivity index (χ4n) is 3.31. The monoisotopic (exact) mass is 360 g/mol. The van der Waals surface area contributed by atoms with Crippen molar-refractivity contribution in [2.24, 2.45) is 0 Å². The molecule has 2 aromatic rings. The minimum Gasteiger partial charge on any atom is -0.497 e. The molecule has 0 aliphatic carbocycles. The van der Waals surface area contributed by atoms with Crippen molar-refractivity contribution in [1.29, 1.82) is 0 Å². The Labute approximate surface area is 159 Å². The molecule has 2 N–H and O–H groups in total. The van der Waals surface area contributed by atoms with Crippen molar-refractivity contribution in [2.75, 3.05) is 23.8 Å². The largest absolute Gasteiger partial charge is 0.497 e. The molecular formula is C21H21BN2O3. The maximum atomic E-state index is 12.5. The Morgan fingerprint density at radius 3 is 2.96 bits per heavy atom. The van der Waals surface area contributed by atoms with Crippen molar-refractivity contribution in [3.05, 3.63) is 71.5 Å². The Morgan fingerprint density at radius 2 is 2.11 bits per heavy atom. The fraction of sp³-hybridized carbons (Fsp3) is 0.190. The van der Waals surface area contributed by atoms with Gasteiger partial charge in [-0.15, -0.1) is 0 Å². The first kappa shape index (κ1) is 17.3. The van der Waals surface area contributed by atoms with Crippen LogP contribution in [0.15, 0.2) is 54.8 Å². The molecule has 2 aliphatic rings. The first-order valence-electron chi connectivity index (χ1n) is 9.13. The third kappa shape index (κ3) is 3.30. The van der Waals surface area contributed by atoms with Crippen molar-refractivity contribution < 1.29 is 14.3 Å². The molecule has 2 aliphatic heterocycles. The van der Waals surface area contributed by atoms with E-state index in [1.165, 1.54) is 0 Å². The number of carbonyl (C=O) groups is 1. The standard InChI is InChI=1S/C21H21BN2O3/c1-13(11-22)26-9-8-23-15-6-7-16-14(10-15)12-27-20(16)19-17-4-2-3-5-18(17)24-21(19)25/h2-7,10,23H,1,8-9,11-12,22H2,(H,24,25)/b20-19+. The van der Waals surface area contributed by atoms with Crippen LogP contribution in [0.4, 0.5) is 11.4 Å². The van der Waals surface area contributed by atoms with Crippen LogP contribution in [0.3, 0.4) is 0 Å².